The first kappa shape index (κ1) is 12.5. The molecule has 0 bridgehead atoms. The smallest absolute Gasteiger partial charge is 0.310 e. The highest BCUT2D eigenvalue weighted by molar-refractivity contribution is 7.80. The van der Waals surface area contributed by atoms with Gasteiger partial charge in [0.15, 0.2) is 0 Å². The molecule has 1 aromatic rings. The molecule has 0 heterocycles. The highest BCUT2D eigenvalue weighted by Crippen LogP contribution is 2.19. The molecule has 84 valence electrons. The van der Waals surface area contributed by atoms with Gasteiger partial charge in [0.1, 0.15) is 5.82 Å². The van der Waals surface area contributed by atoms with Crippen LogP contribution in [0.5, 0.6) is 0 Å². The zero-order chi connectivity index (χ0) is 12.1. The first-order valence-corrected chi connectivity index (χ1v) is 5.10. The van der Waals surface area contributed by atoms with Gasteiger partial charge in [-0.05, 0) is 24.6 Å². The summed E-state index contributed by atoms with van der Waals surface area (Å²) in [6.45, 7) is 1.94. The Kier molecular flexibility index (Phi) is 4.32. The lowest BCUT2D eigenvalue weighted by Gasteiger charge is -2.05. The van der Waals surface area contributed by atoms with Crippen molar-refractivity contribution in [1.29, 1.82) is 5.26 Å². The van der Waals surface area contributed by atoms with Gasteiger partial charge in [0.05, 0.1) is 24.7 Å². The zero-order valence-electron chi connectivity index (χ0n) is 8.66. The van der Waals surface area contributed by atoms with E-state index in [1.807, 2.05) is 6.07 Å². The molecule has 0 N–H and O–H groups in total. The van der Waals surface area contributed by atoms with Crippen LogP contribution >= 0.6 is 12.6 Å². The largest absolute Gasteiger partial charge is 0.466 e. The zero-order valence-corrected chi connectivity index (χ0v) is 9.55. The second kappa shape index (κ2) is 5.52. The van der Waals surface area contributed by atoms with Crippen LogP contribution in [-0.4, -0.2) is 12.6 Å². The fraction of sp³-hybridized carbons (Fsp3) is 0.273. The van der Waals surface area contributed by atoms with E-state index < -0.39 is 11.8 Å². The third kappa shape index (κ3) is 2.97. The standard InChI is InChI=1S/C11H10FNO2S/c1-2-15-11(14)5-7-3-9(12)10(16)4-8(7)6-13/h3-4,16H,2,5H2,1H3. The van der Waals surface area contributed by atoms with Crippen LogP contribution in [0.3, 0.4) is 0 Å². The third-order valence-electron chi connectivity index (χ3n) is 1.93. The number of benzene rings is 1. The van der Waals surface area contributed by atoms with Crippen molar-refractivity contribution in [2.75, 3.05) is 6.61 Å². The first-order valence-electron chi connectivity index (χ1n) is 4.65. The number of carbonyl (C=O) groups is 1. The topological polar surface area (TPSA) is 50.1 Å². The average Bonchev–Trinajstić information content (AvgIpc) is 2.23. The molecule has 0 aliphatic carbocycles. The number of carbonyl (C=O) groups excluding carboxylic acids is 1. The Morgan fingerprint density at radius 3 is 2.88 bits per heavy atom. The number of esters is 1. The quantitative estimate of drug-likeness (QED) is 0.649. The van der Waals surface area contributed by atoms with E-state index in [0.717, 1.165) is 6.07 Å². The number of hydrogen-bond donors (Lipinski definition) is 1. The number of nitrogens with zero attached hydrogens (tertiary/aromatic N) is 1. The summed E-state index contributed by atoms with van der Waals surface area (Å²) in [6.07, 6.45) is -0.109. The molecule has 0 amide bonds. The maximum absolute atomic E-state index is 13.2. The molecule has 5 heteroatoms. The summed E-state index contributed by atoms with van der Waals surface area (Å²) in [5.41, 5.74) is 0.552. The summed E-state index contributed by atoms with van der Waals surface area (Å²) in [5.74, 6) is -1.04. The second-order valence-corrected chi connectivity index (χ2v) is 3.54. The summed E-state index contributed by atoms with van der Waals surface area (Å²) in [6, 6.07) is 4.32. The van der Waals surface area contributed by atoms with Crippen LogP contribution in [0, 0.1) is 17.1 Å². The number of thiol groups is 1. The molecule has 1 aromatic carbocycles. The van der Waals surface area contributed by atoms with E-state index in [-0.39, 0.29) is 23.5 Å². The summed E-state index contributed by atoms with van der Waals surface area (Å²) in [7, 11) is 0. The van der Waals surface area contributed by atoms with E-state index in [4.69, 9.17) is 10.00 Å². The molecule has 16 heavy (non-hydrogen) atoms. The monoisotopic (exact) mass is 239 g/mol. The molecule has 3 nitrogen and oxygen atoms in total. The lowest BCUT2D eigenvalue weighted by Crippen LogP contribution is -2.09. The number of ether oxygens (including phenoxy) is 1. The Morgan fingerprint density at radius 2 is 2.31 bits per heavy atom. The average molecular weight is 239 g/mol. The van der Waals surface area contributed by atoms with E-state index in [0.29, 0.717) is 5.56 Å². The summed E-state index contributed by atoms with van der Waals surface area (Å²) in [4.78, 5) is 11.3. The van der Waals surface area contributed by atoms with E-state index in [1.54, 1.807) is 6.92 Å². The van der Waals surface area contributed by atoms with Crippen molar-refractivity contribution in [2.24, 2.45) is 0 Å². The molecular formula is C11H10FNO2S. The van der Waals surface area contributed by atoms with Crippen LogP contribution in [-0.2, 0) is 16.0 Å². The molecular weight excluding hydrogens is 229 g/mol. The lowest BCUT2D eigenvalue weighted by molar-refractivity contribution is -0.142. The maximum atomic E-state index is 13.2. The van der Waals surface area contributed by atoms with Crippen LogP contribution in [0.15, 0.2) is 17.0 Å². The van der Waals surface area contributed by atoms with Gasteiger partial charge in [-0.2, -0.15) is 5.26 Å². The molecule has 1 rings (SSSR count). The number of halogens is 1. The fourth-order valence-corrected chi connectivity index (χ4v) is 1.41. The van der Waals surface area contributed by atoms with Crippen LogP contribution in [0.4, 0.5) is 4.39 Å². The summed E-state index contributed by atoms with van der Waals surface area (Å²) >= 11 is 3.86. The minimum atomic E-state index is -0.554. The first-order chi connectivity index (χ1) is 7.58. The van der Waals surface area contributed by atoms with E-state index in [9.17, 15) is 9.18 Å². The van der Waals surface area contributed by atoms with Gasteiger partial charge in [-0.25, -0.2) is 4.39 Å². The van der Waals surface area contributed by atoms with Gasteiger partial charge in [0.25, 0.3) is 0 Å². The van der Waals surface area contributed by atoms with Gasteiger partial charge in [0.2, 0.25) is 0 Å². The molecule has 0 spiro atoms. The molecule has 0 unspecified atom stereocenters. The normalized spacial score (nSPS) is 9.62. The number of nitriles is 1. The van der Waals surface area contributed by atoms with Gasteiger partial charge >= 0.3 is 5.97 Å². The Hall–Kier alpha value is -1.54. The molecule has 0 aliphatic heterocycles. The Bertz CT molecular complexity index is 454. The Labute approximate surface area is 98.2 Å². The van der Waals surface area contributed by atoms with E-state index in [1.165, 1.54) is 6.07 Å². The summed E-state index contributed by atoms with van der Waals surface area (Å²) < 4.78 is 17.9. The van der Waals surface area contributed by atoms with Crippen molar-refractivity contribution in [3.63, 3.8) is 0 Å². The maximum Gasteiger partial charge on any atom is 0.310 e. The van der Waals surface area contributed by atoms with Crippen molar-refractivity contribution in [2.45, 2.75) is 18.2 Å². The predicted molar refractivity (Wildman–Crippen MR) is 58.7 cm³/mol. The van der Waals surface area contributed by atoms with Gasteiger partial charge in [-0.3, -0.25) is 4.79 Å². The fourth-order valence-electron chi connectivity index (χ4n) is 1.22. The van der Waals surface area contributed by atoms with E-state index >= 15 is 0 Å². The third-order valence-corrected chi connectivity index (χ3v) is 2.28. The van der Waals surface area contributed by atoms with Crippen LogP contribution in [0.25, 0.3) is 0 Å². The van der Waals surface area contributed by atoms with Crippen molar-refractivity contribution in [3.8, 4) is 6.07 Å². The van der Waals surface area contributed by atoms with Crippen molar-refractivity contribution < 1.29 is 13.9 Å². The number of rotatable bonds is 3. The summed E-state index contributed by atoms with van der Waals surface area (Å²) in [5, 5.41) is 8.82. The Balaban J connectivity index is 3.00. The van der Waals surface area contributed by atoms with Crippen molar-refractivity contribution in [3.05, 3.63) is 29.1 Å². The second-order valence-electron chi connectivity index (χ2n) is 3.05. The predicted octanol–water partition coefficient (Wildman–Crippen LogP) is 2.09. The van der Waals surface area contributed by atoms with Gasteiger partial charge in [-0.1, -0.05) is 0 Å². The molecule has 0 saturated heterocycles. The number of hydrogen-bond acceptors (Lipinski definition) is 4. The molecule has 0 aromatic heterocycles. The van der Waals surface area contributed by atoms with Gasteiger partial charge in [-0.15, -0.1) is 12.6 Å². The van der Waals surface area contributed by atoms with Crippen LogP contribution < -0.4 is 0 Å². The lowest BCUT2D eigenvalue weighted by atomic mass is 10.1. The van der Waals surface area contributed by atoms with Gasteiger partial charge < -0.3 is 4.74 Å². The highest BCUT2D eigenvalue weighted by Gasteiger charge is 2.12. The molecule has 0 aliphatic rings. The van der Waals surface area contributed by atoms with Crippen molar-refractivity contribution in [1.82, 2.24) is 0 Å². The molecule has 0 radical (unpaired) electrons. The SMILES string of the molecule is CCOC(=O)Cc1cc(F)c(S)cc1C#N. The van der Waals surface area contributed by atoms with Crippen molar-refractivity contribution >= 4 is 18.6 Å². The molecule has 0 atom stereocenters. The molecule has 0 fully saturated rings. The highest BCUT2D eigenvalue weighted by atomic mass is 32.1. The van der Waals surface area contributed by atoms with E-state index in [2.05, 4.69) is 12.6 Å². The minimum absolute atomic E-state index is 0.0872. The minimum Gasteiger partial charge on any atom is -0.466 e. The van der Waals surface area contributed by atoms with Crippen LogP contribution in [0.1, 0.15) is 18.1 Å². The van der Waals surface area contributed by atoms with Gasteiger partial charge in [0, 0.05) is 4.90 Å². The molecule has 0 saturated carbocycles. The Morgan fingerprint density at radius 1 is 1.62 bits per heavy atom. The van der Waals surface area contributed by atoms with Crippen LogP contribution in [0.2, 0.25) is 0 Å².